The second kappa shape index (κ2) is 10.2. The molecule has 1 amide bonds. The van der Waals surface area contributed by atoms with Gasteiger partial charge in [-0.25, -0.2) is 4.98 Å². The highest BCUT2D eigenvalue weighted by Gasteiger charge is 2.15. The van der Waals surface area contributed by atoms with Crippen molar-refractivity contribution in [1.82, 2.24) is 20.5 Å². The maximum absolute atomic E-state index is 12.8. The minimum absolute atomic E-state index is 0.238. The molecule has 1 atom stereocenters. The third-order valence-corrected chi connectivity index (χ3v) is 5.71. The molecule has 1 unspecified atom stereocenters. The molecule has 1 aliphatic heterocycles. The number of carbonyl (C=O) groups is 1. The predicted octanol–water partition coefficient (Wildman–Crippen LogP) is 2.87. The predicted molar refractivity (Wildman–Crippen MR) is 129 cm³/mol. The number of rotatable bonds is 4. The Labute approximate surface area is 193 Å². The molecule has 0 spiro atoms. The zero-order valence-electron chi connectivity index (χ0n) is 19.1. The summed E-state index contributed by atoms with van der Waals surface area (Å²) in [5.41, 5.74) is 3.46. The summed E-state index contributed by atoms with van der Waals surface area (Å²) < 4.78 is 5.41. The van der Waals surface area contributed by atoms with Crippen molar-refractivity contribution < 1.29 is 9.53 Å². The average Bonchev–Trinajstić information content (AvgIpc) is 3.26. The average molecular weight is 445 g/mol. The minimum atomic E-state index is -0.317. The van der Waals surface area contributed by atoms with Gasteiger partial charge >= 0.3 is 0 Å². The summed E-state index contributed by atoms with van der Waals surface area (Å²) in [5.74, 6) is 7.78. The molecule has 0 aromatic carbocycles. The summed E-state index contributed by atoms with van der Waals surface area (Å²) in [6, 6.07) is 3.78. The number of nitrogens with zero attached hydrogens (tertiary/aromatic N) is 3. The summed E-state index contributed by atoms with van der Waals surface area (Å²) in [6.45, 7) is 7.89. The van der Waals surface area contributed by atoms with Gasteiger partial charge < -0.3 is 20.3 Å². The van der Waals surface area contributed by atoms with Crippen molar-refractivity contribution in [2.45, 2.75) is 13.8 Å². The number of ether oxygens (including phenoxy) is 1. The Morgan fingerprint density at radius 1 is 1.21 bits per heavy atom. The molecule has 3 N–H and O–H groups in total. The molecule has 2 aliphatic rings. The van der Waals surface area contributed by atoms with Crippen molar-refractivity contribution in [1.29, 1.82) is 0 Å². The molecule has 0 bridgehead atoms. The number of anilines is 2. The van der Waals surface area contributed by atoms with Crippen LogP contribution in [-0.4, -0.2) is 54.4 Å². The molecule has 1 saturated heterocycles. The largest absolute Gasteiger partial charge is 0.497 e. The monoisotopic (exact) mass is 444 g/mol. The van der Waals surface area contributed by atoms with E-state index < -0.39 is 0 Å². The molecule has 0 radical (unpaired) electrons. The van der Waals surface area contributed by atoms with E-state index in [0.717, 1.165) is 43.3 Å². The van der Waals surface area contributed by atoms with Gasteiger partial charge in [-0.05, 0) is 37.1 Å². The van der Waals surface area contributed by atoms with Crippen LogP contribution in [0.4, 0.5) is 11.5 Å². The number of hydrogen-bond acceptors (Lipinski definition) is 6. The molecule has 4 rings (SSSR count). The fourth-order valence-corrected chi connectivity index (χ4v) is 3.62. The van der Waals surface area contributed by atoms with Crippen LogP contribution in [0.1, 0.15) is 29.9 Å². The first-order valence-electron chi connectivity index (χ1n) is 11.0. The molecule has 170 valence electrons. The molecule has 1 fully saturated rings. The number of aromatic amines is 1. The van der Waals surface area contributed by atoms with E-state index in [2.05, 4.69) is 62.5 Å². The Morgan fingerprint density at radius 2 is 2.03 bits per heavy atom. The highest BCUT2D eigenvalue weighted by atomic mass is 16.5. The number of allylic oxidation sites excluding steroid dienone is 5. The van der Waals surface area contributed by atoms with E-state index in [1.807, 2.05) is 24.3 Å². The SMILES string of the molecule is COC1=CC(C#Cc2cn[nH]c2C(=O)Nc2ccc(N3CCNCC3)nc2)=CC(C)C(C)=C1. The van der Waals surface area contributed by atoms with Gasteiger partial charge in [0.05, 0.1) is 30.8 Å². The van der Waals surface area contributed by atoms with Gasteiger partial charge in [0, 0.05) is 31.8 Å². The number of piperazine rings is 1. The van der Waals surface area contributed by atoms with Gasteiger partial charge in [0.25, 0.3) is 5.91 Å². The van der Waals surface area contributed by atoms with Gasteiger partial charge in [-0.2, -0.15) is 5.10 Å². The summed E-state index contributed by atoms with van der Waals surface area (Å²) in [5, 5.41) is 13.0. The smallest absolute Gasteiger partial charge is 0.275 e. The van der Waals surface area contributed by atoms with Gasteiger partial charge in [0.1, 0.15) is 17.3 Å². The summed E-state index contributed by atoms with van der Waals surface area (Å²) >= 11 is 0. The Bertz CT molecular complexity index is 1160. The van der Waals surface area contributed by atoms with E-state index in [0.29, 0.717) is 16.9 Å². The van der Waals surface area contributed by atoms with E-state index in [1.165, 1.54) is 5.57 Å². The van der Waals surface area contributed by atoms with Crippen molar-refractivity contribution >= 4 is 17.4 Å². The lowest BCUT2D eigenvalue weighted by molar-refractivity contribution is 0.102. The summed E-state index contributed by atoms with van der Waals surface area (Å²) in [6.07, 6.45) is 9.20. The number of aromatic nitrogens is 3. The van der Waals surface area contributed by atoms with Gasteiger partial charge in [0.15, 0.2) is 0 Å². The fraction of sp³-hybridized carbons (Fsp3) is 0.320. The number of H-pyrrole nitrogens is 1. The van der Waals surface area contributed by atoms with Crippen LogP contribution in [0, 0.1) is 17.8 Å². The van der Waals surface area contributed by atoms with Crippen LogP contribution in [0.2, 0.25) is 0 Å². The fourth-order valence-electron chi connectivity index (χ4n) is 3.62. The number of methoxy groups -OCH3 is 1. The second-order valence-corrected chi connectivity index (χ2v) is 8.05. The maximum atomic E-state index is 12.8. The van der Waals surface area contributed by atoms with Gasteiger partial charge in [-0.15, -0.1) is 0 Å². The highest BCUT2D eigenvalue weighted by Crippen LogP contribution is 2.22. The molecule has 8 heteroatoms. The molecular weight excluding hydrogens is 416 g/mol. The first-order valence-corrected chi connectivity index (χ1v) is 11.0. The number of carbonyl (C=O) groups excluding carboxylic acids is 1. The van der Waals surface area contributed by atoms with Crippen LogP contribution in [0.15, 0.2) is 59.7 Å². The lowest BCUT2D eigenvalue weighted by atomic mass is 10.0. The molecule has 8 nitrogen and oxygen atoms in total. The van der Waals surface area contributed by atoms with E-state index in [-0.39, 0.29) is 11.8 Å². The molecule has 33 heavy (non-hydrogen) atoms. The Morgan fingerprint density at radius 3 is 2.76 bits per heavy atom. The summed E-state index contributed by atoms with van der Waals surface area (Å²) in [7, 11) is 1.64. The van der Waals surface area contributed by atoms with Crippen LogP contribution < -0.4 is 15.5 Å². The van der Waals surface area contributed by atoms with Crippen LogP contribution >= 0.6 is 0 Å². The molecule has 2 aromatic rings. The highest BCUT2D eigenvalue weighted by molar-refractivity contribution is 6.04. The van der Waals surface area contributed by atoms with Crippen molar-refractivity contribution in [3.05, 3.63) is 70.9 Å². The molecule has 0 saturated carbocycles. The number of hydrogen-bond donors (Lipinski definition) is 3. The van der Waals surface area contributed by atoms with Crippen LogP contribution in [0.25, 0.3) is 0 Å². The molecule has 1 aliphatic carbocycles. The normalized spacial score (nSPS) is 18.2. The van der Waals surface area contributed by atoms with Crippen molar-refractivity contribution in [2.24, 2.45) is 5.92 Å². The van der Waals surface area contributed by atoms with Crippen LogP contribution in [-0.2, 0) is 4.74 Å². The first kappa shape index (κ1) is 22.4. The van der Waals surface area contributed by atoms with E-state index in [1.54, 1.807) is 19.5 Å². The molecule has 3 heterocycles. The third kappa shape index (κ3) is 5.51. The van der Waals surface area contributed by atoms with Gasteiger partial charge in [-0.3, -0.25) is 9.89 Å². The zero-order valence-corrected chi connectivity index (χ0v) is 19.1. The number of nitrogens with one attached hydrogen (secondary N) is 3. The van der Waals surface area contributed by atoms with Gasteiger partial charge in [-0.1, -0.05) is 30.4 Å². The quantitative estimate of drug-likeness (QED) is 0.628. The van der Waals surface area contributed by atoms with E-state index >= 15 is 0 Å². The van der Waals surface area contributed by atoms with E-state index in [4.69, 9.17) is 4.74 Å². The standard InChI is InChI=1S/C25H28N6O2/c1-17-12-19(14-22(33-3)13-18(17)2)4-5-20-15-28-30-24(20)25(32)29-21-6-7-23(27-16-21)31-10-8-26-9-11-31/h6-7,12-17,26H,8-11H2,1-3H3,(H,28,30)(H,29,32). The molecular formula is C25H28N6O2. The lowest BCUT2D eigenvalue weighted by Gasteiger charge is -2.28. The van der Waals surface area contributed by atoms with Crippen LogP contribution in [0.3, 0.4) is 0 Å². The summed E-state index contributed by atoms with van der Waals surface area (Å²) in [4.78, 5) is 19.5. The van der Waals surface area contributed by atoms with Gasteiger partial charge in [0.2, 0.25) is 0 Å². The van der Waals surface area contributed by atoms with Crippen molar-refractivity contribution in [3.8, 4) is 11.8 Å². The van der Waals surface area contributed by atoms with Crippen molar-refractivity contribution in [2.75, 3.05) is 43.5 Å². The second-order valence-electron chi connectivity index (χ2n) is 8.05. The zero-order chi connectivity index (χ0) is 23.2. The Hall–Kier alpha value is -3.83. The van der Waals surface area contributed by atoms with Crippen molar-refractivity contribution in [3.63, 3.8) is 0 Å². The topological polar surface area (TPSA) is 95.2 Å². The van der Waals surface area contributed by atoms with E-state index in [9.17, 15) is 4.79 Å². The lowest BCUT2D eigenvalue weighted by Crippen LogP contribution is -2.43. The van der Waals surface area contributed by atoms with Crippen LogP contribution in [0.5, 0.6) is 0 Å². The third-order valence-electron chi connectivity index (χ3n) is 5.71. The maximum Gasteiger partial charge on any atom is 0.275 e. The minimum Gasteiger partial charge on any atom is -0.497 e. The first-order chi connectivity index (χ1) is 16.0. The number of amides is 1. The molecule has 2 aromatic heterocycles. The Balaban J connectivity index is 1.47. The Kier molecular flexibility index (Phi) is 6.91. The number of pyridine rings is 1.